The maximum absolute atomic E-state index is 8.86. The summed E-state index contributed by atoms with van der Waals surface area (Å²) in [6.07, 6.45) is 5.47. The summed E-state index contributed by atoms with van der Waals surface area (Å²) in [5.74, 6) is 1.35. The molecule has 1 heterocycles. The molecular weight excluding hydrogens is 200 g/mol. The number of pyridine rings is 1. The Morgan fingerprint density at radius 1 is 1.62 bits per heavy atom. The zero-order valence-electron chi connectivity index (χ0n) is 9.40. The molecule has 0 saturated heterocycles. The SMILES string of the molecule is CC(Nc1nccc(C#N)c1N)C1CCC1. The van der Waals surface area contributed by atoms with Crippen molar-refractivity contribution in [3.05, 3.63) is 17.8 Å². The second-order valence-electron chi connectivity index (χ2n) is 4.36. The number of nitriles is 1. The maximum atomic E-state index is 8.86. The molecule has 3 N–H and O–H groups in total. The van der Waals surface area contributed by atoms with Crippen LogP contribution in [0, 0.1) is 17.2 Å². The Labute approximate surface area is 95.5 Å². The molecule has 2 rings (SSSR count). The third-order valence-corrected chi connectivity index (χ3v) is 3.33. The average Bonchev–Trinajstić information content (AvgIpc) is 2.18. The van der Waals surface area contributed by atoms with Crippen LogP contribution in [-0.2, 0) is 0 Å². The van der Waals surface area contributed by atoms with Gasteiger partial charge in [-0.2, -0.15) is 5.26 Å². The Bertz CT molecular complexity index is 418. The van der Waals surface area contributed by atoms with Crippen LogP contribution in [0.25, 0.3) is 0 Å². The van der Waals surface area contributed by atoms with Gasteiger partial charge in [0.25, 0.3) is 0 Å². The molecule has 1 atom stereocenters. The number of nitrogens with zero attached hydrogens (tertiary/aromatic N) is 2. The van der Waals surface area contributed by atoms with Crippen LogP contribution in [0.1, 0.15) is 31.7 Å². The van der Waals surface area contributed by atoms with E-state index in [9.17, 15) is 0 Å². The highest BCUT2D eigenvalue weighted by Gasteiger charge is 2.24. The molecule has 1 fully saturated rings. The first-order valence-corrected chi connectivity index (χ1v) is 5.63. The first-order chi connectivity index (χ1) is 7.72. The lowest BCUT2D eigenvalue weighted by molar-refractivity contribution is 0.285. The van der Waals surface area contributed by atoms with Crippen molar-refractivity contribution in [2.24, 2.45) is 5.92 Å². The summed E-state index contributed by atoms with van der Waals surface area (Å²) in [7, 11) is 0. The summed E-state index contributed by atoms with van der Waals surface area (Å²) in [6, 6.07) is 4.07. The quantitative estimate of drug-likeness (QED) is 0.811. The minimum atomic E-state index is 0.373. The second kappa shape index (κ2) is 4.40. The van der Waals surface area contributed by atoms with E-state index in [1.165, 1.54) is 19.3 Å². The van der Waals surface area contributed by atoms with Gasteiger partial charge in [-0.05, 0) is 31.7 Å². The van der Waals surface area contributed by atoms with Crippen LogP contribution < -0.4 is 11.1 Å². The van der Waals surface area contributed by atoms with Crippen LogP contribution in [0.2, 0.25) is 0 Å². The monoisotopic (exact) mass is 216 g/mol. The smallest absolute Gasteiger partial charge is 0.150 e. The summed E-state index contributed by atoms with van der Waals surface area (Å²) in [4.78, 5) is 4.18. The molecule has 0 bridgehead atoms. The summed E-state index contributed by atoms with van der Waals surface area (Å²) in [5, 5.41) is 12.2. The van der Waals surface area contributed by atoms with E-state index in [-0.39, 0.29) is 0 Å². The molecule has 1 aliphatic rings. The van der Waals surface area contributed by atoms with Gasteiger partial charge in [0.05, 0.1) is 11.3 Å². The fraction of sp³-hybridized carbons (Fsp3) is 0.500. The van der Waals surface area contributed by atoms with Crippen LogP contribution in [-0.4, -0.2) is 11.0 Å². The Hall–Kier alpha value is -1.76. The first-order valence-electron chi connectivity index (χ1n) is 5.63. The number of aromatic nitrogens is 1. The molecule has 0 spiro atoms. The Balaban J connectivity index is 2.12. The molecule has 1 saturated carbocycles. The molecule has 1 unspecified atom stereocenters. The van der Waals surface area contributed by atoms with Gasteiger partial charge in [0, 0.05) is 12.2 Å². The van der Waals surface area contributed by atoms with Crippen LogP contribution in [0.5, 0.6) is 0 Å². The van der Waals surface area contributed by atoms with Crippen molar-refractivity contribution in [3.8, 4) is 6.07 Å². The predicted molar refractivity (Wildman–Crippen MR) is 63.8 cm³/mol. The normalized spacial score (nSPS) is 17.2. The van der Waals surface area contributed by atoms with Gasteiger partial charge in [-0.15, -0.1) is 0 Å². The van der Waals surface area contributed by atoms with Gasteiger partial charge in [0.2, 0.25) is 0 Å². The maximum Gasteiger partial charge on any atom is 0.150 e. The van der Waals surface area contributed by atoms with E-state index >= 15 is 0 Å². The molecule has 16 heavy (non-hydrogen) atoms. The number of hydrogen-bond donors (Lipinski definition) is 2. The largest absolute Gasteiger partial charge is 0.395 e. The molecule has 0 aromatic carbocycles. The van der Waals surface area contributed by atoms with Gasteiger partial charge in [0.15, 0.2) is 5.82 Å². The topological polar surface area (TPSA) is 74.7 Å². The van der Waals surface area contributed by atoms with Gasteiger partial charge in [0.1, 0.15) is 6.07 Å². The van der Waals surface area contributed by atoms with Crippen molar-refractivity contribution >= 4 is 11.5 Å². The fourth-order valence-corrected chi connectivity index (χ4v) is 1.96. The van der Waals surface area contributed by atoms with Crippen molar-refractivity contribution in [3.63, 3.8) is 0 Å². The van der Waals surface area contributed by atoms with Crippen LogP contribution >= 0.6 is 0 Å². The highest BCUT2D eigenvalue weighted by atomic mass is 15.0. The Morgan fingerprint density at radius 3 is 2.94 bits per heavy atom. The minimum Gasteiger partial charge on any atom is -0.395 e. The summed E-state index contributed by atoms with van der Waals surface area (Å²) >= 11 is 0. The molecule has 0 aliphatic heterocycles. The highest BCUT2D eigenvalue weighted by Crippen LogP contribution is 2.31. The van der Waals surface area contributed by atoms with E-state index in [1.54, 1.807) is 12.3 Å². The molecule has 84 valence electrons. The molecule has 1 aliphatic carbocycles. The average molecular weight is 216 g/mol. The second-order valence-corrected chi connectivity index (χ2v) is 4.36. The summed E-state index contributed by atoms with van der Waals surface area (Å²) in [6.45, 7) is 2.14. The number of hydrogen-bond acceptors (Lipinski definition) is 4. The van der Waals surface area contributed by atoms with Crippen LogP contribution in [0.15, 0.2) is 12.3 Å². The van der Waals surface area contributed by atoms with E-state index < -0.39 is 0 Å². The number of nitrogens with one attached hydrogen (secondary N) is 1. The fourth-order valence-electron chi connectivity index (χ4n) is 1.96. The number of anilines is 2. The minimum absolute atomic E-state index is 0.373. The Morgan fingerprint density at radius 2 is 2.38 bits per heavy atom. The zero-order chi connectivity index (χ0) is 11.5. The number of nitrogens with two attached hydrogens (primary N) is 1. The van der Waals surface area contributed by atoms with Crippen molar-refractivity contribution in [2.45, 2.75) is 32.2 Å². The zero-order valence-corrected chi connectivity index (χ0v) is 9.40. The lowest BCUT2D eigenvalue weighted by Crippen LogP contribution is -2.31. The van der Waals surface area contributed by atoms with Gasteiger partial charge in [-0.3, -0.25) is 0 Å². The van der Waals surface area contributed by atoms with E-state index in [4.69, 9.17) is 11.0 Å². The van der Waals surface area contributed by atoms with Crippen molar-refractivity contribution < 1.29 is 0 Å². The summed E-state index contributed by atoms with van der Waals surface area (Å²) in [5.41, 5.74) is 6.79. The van der Waals surface area contributed by atoms with E-state index in [2.05, 4.69) is 23.3 Å². The van der Waals surface area contributed by atoms with Crippen molar-refractivity contribution in [1.29, 1.82) is 5.26 Å². The van der Waals surface area contributed by atoms with Gasteiger partial charge < -0.3 is 11.1 Å². The molecule has 1 aromatic rings. The predicted octanol–water partition coefficient (Wildman–Crippen LogP) is 2.14. The van der Waals surface area contributed by atoms with E-state index in [0.717, 1.165) is 0 Å². The molecule has 0 amide bonds. The number of nitrogen functional groups attached to an aromatic ring is 1. The van der Waals surface area contributed by atoms with Crippen LogP contribution in [0.3, 0.4) is 0 Å². The van der Waals surface area contributed by atoms with Gasteiger partial charge in [-0.1, -0.05) is 6.42 Å². The van der Waals surface area contributed by atoms with Gasteiger partial charge >= 0.3 is 0 Å². The molecule has 4 heteroatoms. The van der Waals surface area contributed by atoms with Crippen LogP contribution in [0.4, 0.5) is 11.5 Å². The van der Waals surface area contributed by atoms with Gasteiger partial charge in [-0.25, -0.2) is 4.98 Å². The first kappa shape index (κ1) is 10.7. The molecule has 0 radical (unpaired) electrons. The third kappa shape index (κ3) is 1.94. The Kier molecular flexibility index (Phi) is 2.95. The lowest BCUT2D eigenvalue weighted by atomic mass is 9.80. The standard InChI is InChI=1S/C12H16N4/c1-8(9-3-2-4-9)16-12-11(14)10(7-13)5-6-15-12/h5-6,8-9H,2-4,14H2,1H3,(H,15,16). The molecular formula is C12H16N4. The summed E-state index contributed by atoms with van der Waals surface area (Å²) < 4.78 is 0. The molecule has 4 nitrogen and oxygen atoms in total. The molecule has 1 aromatic heterocycles. The number of rotatable bonds is 3. The lowest BCUT2D eigenvalue weighted by Gasteiger charge is -2.32. The van der Waals surface area contributed by atoms with E-state index in [0.29, 0.717) is 29.0 Å². The highest BCUT2D eigenvalue weighted by molar-refractivity contribution is 5.69. The van der Waals surface area contributed by atoms with Crippen molar-refractivity contribution in [1.82, 2.24) is 4.98 Å². The third-order valence-electron chi connectivity index (χ3n) is 3.33. The van der Waals surface area contributed by atoms with Crippen molar-refractivity contribution in [2.75, 3.05) is 11.1 Å². The van der Waals surface area contributed by atoms with E-state index in [1.807, 2.05) is 0 Å².